The van der Waals surface area contributed by atoms with Crippen molar-refractivity contribution in [1.82, 2.24) is 0 Å². The summed E-state index contributed by atoms with van der Waals surface area (Å²) < 4.78 is 5.53. The minimum atomic E-state index is -0.916. The zero-order valence-corrected chi connectivity index (χ0v) is 12.7. The normalized spacial score (nSPS) is 22.7. The molecule has 5 nitrogen and oxygen atoms in total. The third-order valence-corrected chi connectivity index (χ3v) is 3.87. The van der Waals surface area contributed by atoms with E-state index in [9.17, 15) is 9.59 Å². The van der Waals surface area contributed by atoms with E-state index in [2.05, 4.69) is 5.32 Å². The summed E-state index contributed by atoms with van der Waals surface area (Å²) in [6.07, 6.45) is 0.0917. The van der Waals surface area contributed by atoms with Gasteiger partial charge >= 0.3 is 5.97 Å². The minimum Gasteiger partial charge on any atom is -0.491 e. The lowest BCUT2D eigenvalue weighted by Gasteiger charge is -2.11. The number of rotatable bonds is 5. The first-order chi connectivity index (χ1) is 9.73. The number of benzene rings is 1. The number of ether oxygens (including phenoxy) is 1. The number of hydrogen-bond acceptors (Lipinski definition) is 3. The highest BCUT2D eigenvalue weighted by Crippen LogP contribution is 2.58. The van der Waals surface area contributed by atoms with E-state index in [1.165, 1.54) is 0 Å². The summed E-state index contributed by atoms with van der Waals surface area (Å²) in [5.74, 6) is -1.52. The van der Waals surface area contributed by atoms with Crippen LogP contribution < -0.4 is 10.1 Å². The van der Waals surface area contributed by atoms with Crippen LogP contribution in [0.1, 0.15) is 27.7 Å². The Bertz CT molecular complexity index is 548. The molecule has 0 unspecified atom stereocenters. The average Bonchev–Trinajstić information content (AvgIpc) is 2.94. The summed E-state index contributed by atoms with van der Waals surface area (Å²) in [4.78, 5) is 23.3. The Labute approximate surface area is 124 Å². The molecule has 0 radical (unpaired) electrons. The molecule has 2 rings (SSSR count). The van der Waals surface area contributed by atoms with Gasteiger partial charge in [-0.2, -0.15) is 0 Å². The van der Waals surface area contributed by atoms with E-state index in [4.69, 9.17) is 9.84 Å². The largest absolute Gasteiger partial charge is 0.491 e. The fraction of sp³-hybridized carbons (Fsp3) is 0.500. The summed E-state index contributed by atoms with van der Waals surface area (Å²) in [7, 11) is 0. The number of carbonyl (C=O) groups excluding carboxylic acids is 1. The summed E-state index contributed by atoms with van der Waals surface area (Å²) in [5, 5.41) is 11.9. The van der Waals surface area contributed by atoms with Gasteiger partial charge in [-0.05, 0) is 43.5 Å². The topological polar surface area (TPSA) is 75.6 Å². The standard InChI is InChI=1S/C16H21NO4/c1-9(2)21-11-7-5-10(6-8-11)17-14(18)12-13(15(19)20)16(12,3)4/h5-9,12-13H,1-4H3,(H,17,18)(H,19,20)/t12-,13+/m1/s1. The summed E-state index contributed by atoms with van der Waals surface area (Å²) in [5.41, 5.74) is 0.152. The van der Waals surface area contributed by atoms with Gasteiger partial charge in [0.1, 0.15) is 5.75 Å². The van der Waals surface area contributed by atoms with Crippen LogP contribution >= 0.6 is 0 Å². The molecule has 0 spiro atoms. The Kier molecular flexibility index (Phi) is 3.94. The van der Waals surface area contributed by atoms with Crippen molar-refractivity contribution in [3.8, 4) is 5.75 Å². The molecule has 0 aromatic heterocycles. The van der Waals surface area contributed by atoms with E-state index >= 15 is 0 Å². The van der Waals surface area contributed by atoms with Gasteiger partial charge in [0.2, 0.25) is 5.91 Å². The molecule has 114 valence electrons. The van der Waals surface area contributed by atoms with Crippen molar-refractivity contribution in [3.05, 3.63) is 24.3 Å². The van der Waals surface area contributed by atoms with Gasteiger partial charge in [-0.1, -0.05) is 13.8 Å². The molecule has 2 atom stereocenters. The molecule has 1 aromatic rings. The second-order valence-corrected chi connectivity index (χ2v) is 6.30. The number of carbonyl (C=O) groups is 2. The van der Waals surface area contributed by atoms with Gasteiger partial charge in [-0.3, -0.25) is 9.59 Å². The van der Waals surface area contributed by atoms with Crippen molar-refractivity contribution in [2.24, 2.45) is 17.3 Å². The maximum Gasteiger partial charge on any atom is 0.307 e. The Hall–Kier alpha value is -2.04. The highest BCUT2D eigenvalue weighted by Gasteiger charge is 2.65. The van der Waals surface area contributed by atoms with Gasteiger partial charge in [0.05, 0.1) is 17.9 Å². The monoisotopic (exact) mass is 291 g/mol. The van der Waals surface area contributed by atoms with Crippen molar-refractivity contribution in [2.75, 3.05) is 5.32 Å². The highest BCUT2D eigenvalue weighted by molar-refractivity contribution is 5.99. The van der Waals surface area contributed by atoms with Gasteiger partial charge < -0.3 is 15.2 Å². The third-order valence-electron chi connectivity index (χ3n) is 3.87. The Morgan fingerprint density at radius 1 is 1.19 bits per heavy atom. The zero-order valence-electron chi connectivity index (χ0n) is 12.7. The van der Waals surface area contributed by atoms with Gasteiger partial charge in [-0.25, -0.2) is 0 Å². The first-order valence-electron chi connectivity index (χ1n) is 7.04. The number of carboxylic acids is 1. The predicted molar refractivity (Wildman–Crippen MR) is 79.2 cm³/mol. The second kappa shape index (κ2) is 5.39. The SMILES string of the molecule is CC(C)Oc1ccc(NC(=O)[C@H]2[C@@H](C(=O)O)C2(C)C)cc1. The lowest BCUT2D eigenvalue weighted by molar-refractivity contribution is -0.140. The van der Waals surface area contributed by atoms with Crippen molar-refractivity contribution in [2.45, 2.75) is 33.8 Å². The Balaban J connectivity index is 1.99. The molecule has 1 aliphatic carbocycles. The molecular formula is C16H21NO4. The van der Waals surface area contributed by atoms with E-state index in [0.717, 1.165) is 5.75 Å². The van der Waals surface area contributed by atoms with E-state index < -0.39 is 23.2 Å². The summed E-state index contributed by atoms with van der Waals surface area (Å²) in [6.45, 7) is 7.49. The molecule has 1 aromatic carbocycles. The first kappa shape index (κ1) is 15.4. The predicted octanol–water partition coefficient (Wildman–Crippen LogP) is 2.77. The fourth-order valence-electron chi connectivity index (χ4n) is 2.70. The van der Waals surface area contributed by atoms with Crippen LogP contribution in [0.3, 0.4) is 0 Å². The summed E-state index contributed by atoms with van der Waals surface area (Å²) in [6, 6.07) is 7.06. The number of anilines is 1. The summed E-state index contributed by atoms with van der Waals surface area (Å²) >= 11 is 0. The highest BCUT2D eigenvalue weighted by atomic mass is 16.5. The average molecular weight is 291 g/mol. The van der Waals surface area contributed by atoms with Crippen LogP contribution in [0, 0.1) is 17.3 Å². The van der Waals surface area contributed by atoms with Gasteiger partial charge in [0.25, 0.3) is 0 Å². The van der Waals surface area contributed by atoms with Crippen LogP contribution in [-0.2, 0) is 9.59 Å². The van der Waals surface area contributed by atoms with Crippen molar-refractivity contribution < 1.29 is 19.4 Å². The van der Waals surface area contributed by atoms with Gasteiger partial charge in [0.15, 0.2) is 0 Å². The van der Waals surface area contributed by atoms with E-state index in [0.29, 0.717) is 5.69 Å². The van der Waals surface area contributed by atoms with Crippen LogP contribution in [0.5, 0.6) is 5.75 Å². The fourth-order valence-corrected chi connectivity index (χ4v) is 2.70. The first-order valence-corrected chi connectivity index (χ1v) is 7.04. The van der Waals surface area contributed by atoms with Crippen LogP contribution in [0.4, 0.5) is 5.69 Å². The zero-order chi connectivity index (χ0) is 15.8. The molecule has 0 heterocycles. The third kappa shape index (κ3) is 3.17. The lowest BCUT2D eigenvalue weighted by Crippen LogP contribution is -2.17. The molecule has 5 heteroatoms. The maximum absolute atomic E-state index is 12.2. The van der Waals surface area contributed by atoms with Crippen LogP contribution in [-0.4, -0.2) is 23.1 Å². The van der Waals surface area contributed by atoms with Gasteiger partial charge in [-0.15, -0.1) is 0 Å². The second-order valence-electron chi connectivity index (χ2n) is 6.30. The molecule has 1 saturated carbocycles. The smallest absolute Gasteiger partial charge is 0.307 e. The minimum absolute atomic E-state index is 0.0917. The van der Waals surface area contributed by atoms with E-state index in [1.54, 1.807) is 38.1 Å². The maximum atomic E-state index is 12.2. The lowest BCUT2D eigenvalue weighted by atomic mass is 10.1. The Morgan fingerprint density at radius 2 is 1.76 bits per heavy atom. The van der Waals surface area contributed by atoms with E-state index in [-0.39, 0.29) is 12.0 Å². The Morgan fingerprint density at radius 3 is 2.19 bits per heavy atom. The van der Waals surface area contributed by atoms with Crippen molar-refractivity contribution in [1.29, 1.82) is 0 Å². The molecule has 2 N–H and O–H groups in total. The molecule has 0 aliphatic heterocycles. The van der Waals surface area contributed by atoms with Gasteiger partial charge in [0, 0.05) is 5.69 Å². The van der Waals surface area contributed by atoms with E-state index in [1.807, 2.05) is 13.8 Å². The molecule has 0 saturated heterocycles. The number of aliphatic carboxylic acids is 1. The number of carboxylic acid groups (broad SMARTS) is 1. The van der Waals surface area contributed by atoms with Crippen molar-refractivity contribution >= 4 is 17.6 Å². The molecule has 1 fully saturated rings. The number of hydrogen-bond donors (Lipinski definition) is 2. The molecule has 21 heavy (non-hydrogen) atoms. The number of nitrogens with one attached hydrogen (secondary N) is 1. The molecule has 1 amide bonds. The van der Waals surface area contributed by atoms with Crippen molar-refractivity contribution in [3.63, 3.8) is 0 Å². The molecule has 1 aliphatic rings. The van der Waals surface area contributed by atoms with Crippen LogP contribution in [0.25, 0.3) is 0 Å². The van der Waals surface area contributed by atoms with Crippen LogP contribution in [0.15, 0.2) is 24.3 Å². The van der Waals surface area contributed by atoms with Crippen LogP contribution in [0.2, 0.25) is 0 Å². The molecular weight excluding hydrogens is 270 g/mol. The number of amides is 1. The quantitative estimate of drug-likeness (QED) is 0.874. The molecule has 0 bridgehead atoms.